The van der Waals surface area contributed by atoms with Crippen molar-refractivity contribution in [2.45, 2.75) is 12.6 Å². The van der Waals surface area contributed by atoms with Crippen LogP contribution in [-0.4, -0.2) is 76.2 Å². The molecule has 1 saturated heterocycles. The molecule has 36 heavy (non-hydrogen) atoms. The minimum absolute atomic E-state index is 0.123. The van der Waals surface area contributed by atoms with Gasteiger partial charge in [0.25, 0.3) is 5.91 Å². The van der Waals surface area contributed by atoms with Crippen molar-refractivity contribution >= 4 is 16.9 Å². The third-order valence-electron chi connectivity index (χ3n) is 6.22. The first-order chi connectivity index (χ1) is 17.6. The van der Waals surface area contributed by atoms with E-state index in [9.17, 15) is 14.3 Å². The largest absolute Gasteiger partial charge is 0.390 e. The topological polar surface area (TPSA) is 92.5 Å². The van der Waals surface area contributed by atoms with Crippen LogP contribution in [0.5, 0.6) is 0 Å². The fourth-order valence-electron chi connectivity index (χ4n) is 4.37. The molecule has 4 aromatic rings. The van der Waals surface area contributed by atoms with E-state index in [2.05, 4.69) is 15.3 Å². The molecule has 1 atom stereocenters. The number of rotatable bonds is 8. The number of pyridine rings is 1. The number of nitrogens with one attached hydrogen (secondary N) is 1. The Kier molecular flexibility index (Phi) is 7.31. The molecule has 9 heteroatoms. The Labute approximate surface area is 208 Å². The molecule has 1 fully saturated rings. The summed E-state index contributed by atoms with van der Waals surface area (Å²) >= 11 is 0. The maximum absolute atomic E-state index is 13.7. The van der Waals surface area contributed by atoms with Gasteiger partial charge in [-0.3, -0.25) is 9.69 Å². The molecule has 3 heterocycles. The summed E-state index contributed by atoms with van der Waals surface area (Å²) in [5.41, 5.74) is 3.18. The molecule has 2 aromatic heterocycles. The summed E-state index contributed by atoms with van der Waals surface area (Å²) in [5, 5.41) is 18.4. The molecule has 2 N–H and O–H groups in total. The molecule has 0 bridgehead atoms. The third kappa shape index (κ3) is 5.59. The van der Waals surface area contributed by atoms with Crippen molar-refractivity contribution in [3.63, 3.8) is 0 Å². The molecular formula is C27H28FN5O3. The number of β-amino-alcohol motifs (C(OH)–C–C–N with tert-alkyl or cyclic N) is 1. The molecular weight excluding hydrogens is 461 g/mol. The van der Waals surface area contributed by atoms with Crippen LogP contribution in [0.3, 0.4) is 0 Å². The van der Waals surface area contributed by atoms with Crippen LogP contribution < -0.4 is 5.32 Å². The number of morpholine rings is 1. The lowest BCUT2D eigenvalue weighted by Gasteiger charge is -2.28. The summed E-state index contributed by atoms with van der Waals surface area (Å²) in [6.07, 6.45) is 0.906. The van der Waals surface area contributed by atoms with E-state index in [1.54, 1.807) is 23.0 Å². The number of amides is 1. The normalized spacial score (nSPS) is 15.2. The van der Waals surface area contributed by atoms with Gasteiger partial charge in [0.15, 0.2) is 5.65 Å². The molecule has 8 nitrogen and oxygen atoms in total. The summed E-state index contributed by atoms with van der Waals surface area (Å²) in [4.78, 5) is 20.2. The van der Waals surface area contributed by atoms with Crippen LogP contribution in [0.1, 0.15) is 15.9 Å². The lowest BCUT2D eigenvalue weighted by atomic mass is 10.1. The average Bonchev–Trinajstić information content (AvgIpc) is 3.30. The number of hydrogen-bond donors (Lipinski definition) is 2. The first-order valence-corrected chi connectivity index (χ1v) is 12.0. The molecule has 0 radical (unpaired) electrons. The SMILES string of the molecule is O=C(NCC(O)CN1CCOCC1)c1cc(-c2ccccc2)nc2c1cnn2Cc1cccc(F)c1. The summed E-state index contributed by atoms with van der Waals surface area (Å²) in [5.74, 6) is -0.636. The van der Waals surface area contributed by atoms with E-state index in [1.165, 1.54) is 12.1 Å². The van der Waals surface area contributed by atoms with Gasteiger partial charge >= 0.3 is 0 Å². The number of halogens is 1. The standard InChI is InChI=1S/C27H28FN5O3/c28-21-8-4-5-19(13-21)17-33-26-24(16-30-33)23(14-25(31-26)20-6-2-1-3-7-20)27(35)29-15-22(34)18-32-9-11-36-12-10-32/h1-8,13-14,16,22,34H,9-12,15,17-18H2,(H,29,35). The van der Waals surface area contributed by atoms with Crippen molar-refractivity contribution in [1.29, 1.82) is 0 Å². The van der Waals surface area contributed by atoms with Crippen molar-refractivity contribution in [3.05, 3.63) is 83.8 Å². The number of benzene rings is 2. The molecule has 0 spiro atoms. The van der Waals surface area contributed by atoms with Gasteiger partial charge < -0.3 is 15.2 Å². The van der Waals surface area contributed by atoms with E-state index in [1.807, 2.05) is 36.4 Å². The predicted molar refractivity (Wildman–Crippen MR) is 134 cm³/mol. The Balaban J connectivity index is 1.42. The number of nitrogens with zero attached hydrogens (tertiary/aromatic N) is 4. The summed E-state index contributed by atoms with van der Waals surface area (Å²) in [7, 11) is 0. The van der Waals surface area contributed by atoms with Gasteiger partial charge in [0, 0.05) is 31.7 Å². The fourth-order valence-corrected chi connectivity index (χ4v) is 4.37. The smallest absolute Gasteiger partial charge is 0.252 e. The minimum Gasteiger partial charge on any atom is -0.390 e. The summed E-state index contributed by atoms with van der Waals surface area (Å²) < 4.78 is 20.7. The molecule has 5 rings (SSSR count). The lowest BCUT2D eigenvalue weighted by Crippen LogP contribution is -2.44. The van der Waals surface area contributed by atoms with Gasteiger partial charge in [-0.1, -0.05) is 42.5 Å². The first-order valence-electron chi connectivity index (χ1n) is 12.0. The second kappa shape index (κ2) is 10.9. The van der Waals surface area contributed by atoms with E-state index in [0.717, 1.165) is 24.2 Å². The predicted octanol–water partition coefficient (Wildman–Crippen LogP) is 2.71. The Morgan fingerprint density at radius 3 is 2.69 bits per heavy atom. The molecule has 186 valence electrons. The zero-order valence-corrected chi connectivity index (χ0v) is 19.8. The number of aromatic nitrogens is 3. The quantitative estimate of drug-likeness (QED) is 0.396. The van der Waals surface area contributed by atoms with Crippen molar-refractivity contribution in [2.24, 2.45) is 0 Å². The highest BCUT2D eigenvalue weighted by atomic mass is 19.1. The van der Waals surface area contributed by atoms with Crippen LogP contribution in [0, 0.1) is 5.82 Å². The van der Waals surface area contributed by atoms with Gasteiger partial charge in [0.2, 0.25) is 0 Å². The molecule has 0 aliphatic carbocycles. The molecule has 2 aromatic carbocycles. The van der Waals surface area contributed by atoms with Crippen LogP contribution in [0.15, 0.2) is 66.9 Å². The van der Waals surface area contributed by atoms with E-state index < -0.39 is 6.10 Å². The molecule has 1 amide bonds. The van der Waals surface area contributed by atoms with E-state index in [-0.39, 0.29) is 18.3 Å². The van der Waals surface area contributed by atoms with Crippen LogP contribution >= 0.6 is 0 Å². The molecule has 1 unspecified atom stereocenters. The Hall–Kier alpha value is -3.66. The van der Waals surface area contributed by atoms with Gasteiger partial charge in [-0.05, 0) is 23.8 Å². The minimum atomic E-state index is -0.700. The number of carbonyl (C=O) groups excluding carboxylic acids is 1. The Morgan fingerprint density at radius 1 is 1.11 bits per heavy atom. The first kappa shape index (κ1) is 24.1. The third-order valence-corrected chi connectivity index (χ3v) is 6.22. The Morgan fingerprint density at radius 2 is 1.92 bits per heavy atom. The van der Waals surface area contributed by atoms with Crippen LogP contribution in [0.25, 0.3) is 22.3 Å². The number of hydrogen-bond acceptors (Lipinski definition) is 6. The zero-order chi connectivity index (χ0) is 24.9. The highest BCUT2D eigenvalue weighted by Gasteiger charge is 2.20. The van der Waals surface area contributed by atoms with Gasteiger partial charge in [-0.2, -0.15) is 5.10 Å². The van der Waals surface area contributed by atoms with E-state index in [4.69, 9.17) is 9.72 Å². The van der Waals surface area contributed by atoms with E-state index >= 15 is 0 Å². The molecule has 0 saturated carbocycles. The van der Waals surface area contributed by atoms with Gasteiger partial charge in [-0.15, -0.1) is 0 Å². The molecule has 1 aliphatic rings. The average molecular weight is 490 g/mol. The van der Waals surface area contributed by atoms with Crippen molar-refractivity contribution in [2.75, 3.05) is 39.4 Å². The zero-order valence-electron chi connectivity index (χ0n) is 19.8. The maximum atomic E-state index is 13.7. The maximum Gasteiger partial charge on any atom is 0.252 e. The number of aliphatic hydroxyl groups is 1. The number of fused-ring (bicyclic) bond motifs is 1. The van der Waals surface area contributed by atoms with Crippen LogP contribution in [0.2, 0.25) is 0 Å². The van der Waals surface area contributed by atoms with Crippen molar-refractivity contribution in [1.82, 2.24) is 25.0 Å². The lowest BCUT2D eigenvalue weighted by molar-refractivity contribution is 0.0149. The monoisotopic (exact) mass is 489 g/mol. The highest BCUT2D eigenvalue weighted by molar-refractivity contribution is 6.06. The van der Waals surface area contributed by atoms with Crippen molar-refractivity contribution in [3.8, 4) is 11.3 Å². The number of carbonyl (C=O) groups is 1. The van der Waals surface area contributed by atoms with Gasteiger partial charge in [0.05, 0.1) is 48.7 Å². The van der Waals surface area contributed by atoms with Crippen molar-refractivity contribution < 1.29 is 19.0 Å². The second-order valence-corrected chi connectivity index (χ2v) is 8.87. The molecule has 1 aliphatic heterocycles. The summed E-state index contributed by atoms with van der Waals surface area (Å²) in [6.45, 7) is 3.73. The summed E-state index contributed by atoms with van der Waals surface area (Å²) in [6, 6.07) is 17.7. The number of ether oxygens (including phenoxy) is 1. The fraction of sp³-hybridized carbons (Fsp3) is 0.296. The van der Waals surface area contributed by atoms with Gasteiger partial charge in [-0.25, -0.2) is 14.1 Å². The number of aliphatic hydroxyl groups excluding tert-OH is 1. The highest BCUT2D eigenvalue weighted by Crippen LogP contribution is 2.25. The second-order valence-electron chi connectivity index (χ2n) is 8.87. The van der Waals surface area contributed by atoms with Gasteiger partial charge in [0.1, 0.15) is 5.82 Å². The van der Waals surface area contributed by atoms with E-state index in [0.29, 0.717) is 48.6 Å². The van der Waals surface area contributed by atoms with Crippen LogP contribution in [0.4, 0.5) is 4.39 Å². The Bertz CT molecular complexity index is 1340. The van der Waals surface area contributed by atoms with Crippen LogP contribution in [-0.2, 0) is 11.3 Å².